The molecular formula is C11H18N4O2. The molecule has 1 saturated carbocycles. The smallest absolute Gasteiger partial charge is 0.310 e. The first-order valence-corrected chi connectivity index (χ1v) is 5.62. The van der Waals surface area contributed by atoms with Crippen LogP contribution in [0.5, 0.6) is 0 Å². The van der Waals surface area contributed by atoms with E-state index in [1.165, 1.54) is 0 Å². The Morgan fingerprint density at radius 3 is 2.29 bits per heavy atom. The first-order valence-electron chi connectivity index (χ1n) is 5.62. The van der Waals surface area contributed by atoms with Gasteiger partial charge in [0.15, 0.2) is 0 Å². The lowest BCUT2D eigenvalue weighted by Gasteiger charge is -2.47. The van der Waals surface area contributed by atoms with Crippen LogP contribution in [0.25, 0.3) is 0 Å². The molecule has 0 unspecified atom stereocenters. The van der Waals surface area contributed by atoms with Gasteiger partial charge in [-0.25, -0.2) is 0 Å². The van der Waals surface area contributed by atoms with Crippen molar-refractivity contribution in [2.45, 2.75) is 24.8 Å². The minimum Gasteiger partial charge on any atom is -0.346 e. The number of nitrogens with one attached hydrogen (secondary N) is 2. The SMILES string of the molecule is CN(C)C1(CNC(=O)C(=O)NCC#N)CCC1. The molecule has 2 N–H and O–H groups in total. The minimum atomic E-state index is -0.750. The first kappa shape index (κ1) is 13.5. The van der Waals surface area contributed by atoms with Crippen LogP contribution in [-0.2, 0) is 9.59 Å². The van der Waals surface area contributed by atoms with E-state index in [0.29, 0.717) is 6.54 Å². The molecule has 1 aliphatic rings. The second-order valence-electron chi connectivity index (χ2n) is 4.50. The molecule has 17 heavy (non-hydrogen) atoms. The maximum atomic E-state index is 11.4. The molecule has 1 rings (SSSR count). The standard InChI is InChI=1S/C11H18N4O2/c1-15(2)11(4-3-5-11)8-14-10(17)9(16)13-7-6-12/h3-5,7-8H2,1-2H3,(H,13,16)(H,14,17). The molecule has 0 spiro atoms. The van der Waals surface area contributed by atoms with Gasteiger partial charge in [-0.05, 0) is 33.4 Å². The Kier molecular flexibility index (Phi) is 4.46. The van der Waals surface area contributed by atoms with Crippen LogP contribution in [0.3, 0.4) is 0 Å². The maximum absolute atomic E-state index is 11.4. The number of hydrogen-bond donors (Lipinski definition) is 2. The molecular weight excluding hydrogens is 220 g/mol. The highest BCUT2D eigenvalue weighted by Gasteiger charge is 2.39. The van der Waals surface area contributed by atoms with Crippen LogP contribution in [0, 0.1) is 11.3 Å². The Labute approximate surface area is 101 Å². The van der Waals surface area contributed by atoms with Crippen molar-refractivity contribution >= 4 is 11.8 Å². The summed E-state index contributed by atoms with van der Waals surface area (Å²) in [4.78, 5) is 24.7. The summed E-state index contributed by atoms with van der Waals surface area (Å²) in [6.07, 6.45) is 3.20. The number of nitrogens with zero attached hydrogens (tertiary/aromatic N) is 2. The van der Waals surface area contributed by atoms with Gasteiger partial charge in [0.05, 0.1) is 6.07 Å². The topological polar surface area (TPSA) is 85.2 Å². The van der Waals surface area contributed by atoms with E-state index in [0.717, 1.165) is 19.3 Å². The van der Waals surface area contributed by atoms with E-state index < -0.39 is 11.8 Å². The van der Waals surface area contributed by atoms with E-state index in [9.17, 15) is 9.59 Å². The number of carbonyl (C=O) groups is 2. The molecule has 0 aliphatic heterocycles. The maximum Gasteiger partial charge on any atom is 0.310 e. The molecule has 0 saturated heterocycles. The molecule has 0 radical (unpaired) electrons. The van der Waals surface area contributed by atoms with Gasteiger partial charge in [-0.1, -0.05) is 0 Å². The van der Waals surface area contributed by atoms with E-state index in [-0.39, 0.29) is 12.1 Å². The highest BCUT2D eigenvalue weighted by atomic mass is 16.2. The van der Waals surface area contributed by atoms with Crippen molar-refractivity contribution in [2.75, 3.05) is 27.2 Å². The van der Waals surface area contributed by atoms with Crippen LogP contribution in [-0.4, -0.2) is 49.4 Å². The summed E-state index contributed by atoms with van der Waals surface area (Å²) in [6.45, 7) is 0.323. The third-order valence-corrected chi connectivity index (χ3v) is 3.35. The summed E-state index contributed by atoms with van der Waals surface area (Å²) in [5.41, 5.74) is -0.00876. The van der Waals surface area contributed by atoms with Gasteiger partial charge >= 0.3 is 11.8 Å². The van der Waals surface area contributed by atoms with Crippen LogP contribution >= 0.6 is 0 Å². The largest absolute Gasteiger partial charge is 0.346 e. The quantitative estimate of drug-likeness (QED) is 0.497. The van der Waals surface area contributed by atoms with Crippen LogP contribution in [0.2, 0.25) is 0 Å². The molecule has 0 atom stereocenters. The van der Waals surface area contributed by atoms with Crippen molar-refractivity contribution in [2.24, 2.45) is 0 Å². The number of hydrogen-bond acceptors (Lipinski definition) is 4. The highest BCUT2D eigenvalue weighted by Crippen LogP contribution is 2.35. The summed E-state index contributed by atoms with van der Waals surface area (Å²) >= 11 is 0. The van der Waals surface area contributed by atoms with Gasteiger partial charge < -0.3 is 15.5 Å². The van der Waals surface area contributed by atoms with Gasteiger partial charge in [-0.3, -0.25) is 9.59 Å². The van der Waals surface area contributed by atoms with Crippen molar-refractivity contribution in [3.05, 3.63) is 0 Å². The summed E-state index contributed by atoms with van der Waals surface area (Å²) in [6, 6.07) is 1.75. The second-order valence-corrected chi connectivity index (χ2v) is 4.50. The Hall–Kier alpha value is -1.61. The molecule has 6 heteroatoms. The van der Waals surface area contributed by atoms with E-state index in [1.54, 1.807) is 6.07 Å². The first-order chi connectivity index (χ1) is 8.02. The van der Waals surface area contributed by atoms with E-state index in [1.807, 2.05) is 14.1 Å². The van der Waals surface area contributed by atoms with Crippen molar-refractivity contribution < 1.29 is 9.59 Å². The number of rotatable bonds is 4. The zero-order valence-electron chi connectivity index (χ0n) is 10.2. The van der Waals surface area contributed by atoms with Gasteiger partial charge in [0, 0.05) is 12.1 Å². The van der Waals surface area contributed by atoms with Crippen LogP contribution in [0.15, 0.2) is 0 Å². The van der Waals surface area contributed by atoms with E-state index in [4.69, 9.17) is 5.26 Å². The number of carbonyl (C=O) groups excluding carboxylic acids is 2. The summed E-state index contributed by atoms with van der Waals surface area (Å²) in [5, 5.41) is 13.1. The molecule has 2 amide bonds. The molecule has 6 nitrogen and oxygen atoms in total. The lowest BCUT2D eigenvalue weighted by Crippen LogP contribution is -2.58. The van der Waals surface area contributed by atoms with Crippen molar-refractivity contribution in [1.82, 2.24) is 15.5 Å². The molecule has 94 valence electrons. The number of amides is 2. The second kappa shape index (κ2) is 5.64. The highest BCUT2D eigenvalue weighted by molar-refractivity contribution is 6.35. The Balaban J connectivity index is 2.37. The normalized spacial score (nSPS) is 16.8. The number of nitriles is 1. The van der Waals surface area contributed by atoms with Crippen molar-refractivity contribution in [1.29, 1.82) is 5.26 Å². The average molecular weight is 238 g/mol. The average Bonchev–Trinajstić information content (AvgIpc) is 2.23. The van der Waals surface area contributed by atoms with Gasteiger partial charge in [0.1, 0.15) is 6.54 Å². The predicted molar refractivity (Wildman–Crippen MR) is 61.9 cm³/mol. The van der Waals surface area contributed by atoms with E-state index in [2.05, 4.69) is 15.5 Å². The molecule has 1 fully saturated rings. The molecule has 0 aromatic heterocycles. The molecule has 0 heterocycles. The summed E-state index contributed by atoms with van der Waals surface area (Å²) in [5.74, 6) is -1.42. The summed E-state index contributed by atoms with van der Waals surface area (Å²) in [7, 11) is 3.95. The van der Waals surface area contributed by atoms with Gasteiger partial charge in [-0.15, -0.1) is 0 Å². The Morgan fingerprint density at radius 1 is 1.29 bits per heavy atom. The van der Waals surface area contributed by atoms with E-state index >= 15 is 0 Å². The van der Waals surface area contributed by atoms with Crippen molar-refractivity contribution in [3.8, 4) is 6.07 Å². The zero-order chi connectivity index (χ0) is 12.9. The van der Waals surface area contributed by atoms with Gasteiger partial charge in [0.25, 0.3) is 0 Å². The monoisotopic (exact) mass is 238 g/mol. The fourth-order valence-electron chi connectivity index (χ4n) is 1.89. The van der Waals surface area contributed by atoms with Gasteiger partial charge in [0.2, 0.25) is 0 Å². The van der Waals surface area contributed by atoms with Crippen molar-refractivity contribution in [3.63, 3.8) is 0 Å². The van der Waals surface area contributed by atoms with Crippen LogP contribution in [0.1, 0.15) is 19.3 Å². The third-order valence-electron chi connectivity index (χ3n) is 3.35. The fourth-order valence-corrected chi connectivity index (χ4v) is 1.89. The van der Waals surface area contributed by atoms with Crippen LogP contribution in [0.4, 0.5) is 0 Å². The number of likely N-dealkylation sites (N-methyl/N-ethyl adjacent to an activating group) is 1. The van der Waals surface area contributed by atoms with Crippen LogP contribution < -0.4 is 10.6 Å². The Bertz CT molecular complexity index is 342. The Morgan fingerprint density at radius 2 is 1.88 bits per heavy atom. The molecule has 1 aliphatic carbocycles. The minimum absolute atomic E-state index is 0.00876. The zero-order valence-corrected chi connectivity index (χ0v) is 10.2. The fraction of sp³-hybridized carbons (Fsp3) is 0.727. The predicted octanol–water partition coefficient (Wildman–Crippen LogP) is -0.773. The third kappa shape index (κ3) is 3.17. The lowest BCUT2D eigenvalue weighted by molar-refractivity contribution is -0.139. The molecule has 0 bridgehead atoms. The summed E-state index contributed by atoms with van der Waals surface area (Å²) < 4.78 is 0. The molecule has 0 aromatic rings. The lowest BCUT2D eigenvalue weighted by atomic mass is 9.75. The molecule has 0 aromatic carbocycles. The van der Waals surface area contributed by atoms with Gasteiger partial charge in [-0.2, -0.15) is 5.26 Å².